The molecule has 0 aliphatic carbocycles. The van der Waals surface area contributed by atoms with Crippen LogP contribution in [0.4, 0.5) is 5.69 Å². The van der Waals surface area contributed by atoms with Crippen LogP contribution < -0.4 is 5.32 Å². The molecule has 1 heterocycles. The summed E-state index contributed by atoms with van der Waals surface area (Å²) < 4.78 is 0. The number of carbonyl (C=O) groups excluding carboxylic acids is 1. The highest BCUT2D eigenvalue weighted by molar-refractivity contribution is 7.10. The number of rotatable bonds is 4. The van der Waals surface area contributed by atoms with Crippen LogP contribution in [0.3, 0.4) is 0 Å². The molecule has 1 unspecified atom stereocenters. The van der Waals surface area contributed by atoms with Gasteiger partial charge in [0.25, 0.3) is 11.6 Å². The number of hydrogen-bond donors (Lipinski definition) is 1. The normalized spacial score (nSPS) is 11.9. The van der Waals surface area contributed by atoms with Crippen molar-refractivity contribution in [2.24, 2.45) is 0 Å². The van der Waals surface area contributed by atoms with E-state index in [1.54, 1.807) is 0 Å². The van der Waals surface area contributed by atoms with Gasteiger partial charge in [-0.1, -0.05) is 17.7 Å². The third-order valence-corrected chi connectivity index (χ3v) is 4.01. The van der Waals surface area contributed by atoms with E-state index in [2.05, 4.69) is 5.32 Å². The van der Waals surface area contributed by atoms with Gasteiger partial charge in [-0.05, 0) is 30.5 Å². The first kappa shape index (κ1) is 14.5. The van der Waals surface area contributed by atoms with Crippen molar-refractivity contribution >= 4 is 34.5 Å². The first-order valence-corrected chi connectivity index (χ1v) is 7.03. The Morgan fingerprint density at radius 3 is 2.80 bits per heavy atom. The fourth-order valence-corrected chi connectivity index (χ4v) is 2.64. The number of nitro groups is 1. The molecular formula is C13H11ClN2O3S. The Labute approximate surface area is 124 Å². The molecule has 0 aliphatic heterocycles. The van der Waals surface area contributed by atoms with Crippen LogP contribution in [0.5, 0.6) is 0 Å². The summed E-state index contributed by atoms with van der Waals surface area (Å²) in [4.78, 5) is 23.5. The molecule has 1 atom stereocenters. The summed E-state index contributed by atoms with van der Waals surface area (Å²) in [6.45, 7) is 1.82. The molecule has 1 N–H and O–H groups in total. The second-order valence-corrected chi connectivity index (χ2v) is 5.54. The van der Waals surface area contributed by atoms with Crippen LogP contribution in [-0.2, 0) is 0 Å². The summed E-state index contributed by atoms with van der Waals surface area (Å²) >= 11 is 7.31. The van der Waals surface area contributed by atoms with Crippen molar-refractivity contribution in [2.75, 3.05) is 0 Å². The van der Waals surface area contributed by atoms with Gasteiger partial charge < -0.3 is 5.32 Å². The van der Waals surface area contributed by atoms with Crippen molar-refractivity contribution in [1.29, 1.82) is 0 Å². The summed E-state index contributed by atoms with van der Waals surface area (Å²) in [7, 11) is 0. The van der Waals surface area contributed by atoms with Crippen LogP contribution in [-0.4, -0.2) is 10.8 Å². The second kappa shape index (κ2) is 6.02. The lowest BCUT2D eigenvalue weighted by Crippen LogP contribution is -2.26. The molecule has 7 heteroatoms. The van der Waals surface area contributed by atoms with Crippen LogP contribution >= 0.6 is 22.9 Å². The van der Waals surface area contributed by atoms with E-state index in [1.807, 2.05) is 24.4 Å². The van der Waals surface area contributed by atoms with Gasteiger partial charge in [-0.3, -0.25) is 14.9 Å². The Morgan fingerprint density at radius 2 is 2.20 bits per heavy atom. The number of thiophene rings is 1. The zero-order valence-corrected chi connectivity index (χ0v) is 12.1. The van der Waals surface area contributed by atoms with E-state index >= 15 is 0 Å². The van der Waals surface area contributed by atoms with E-state index in [9.17, 15) is 14.9 Å². The minimum atomic E-state index is -0.596. The molecule has 0 aliphatic rings. The Hall–Kier alpha value is -1.92. The number of benzene rings is 1. The van der Waals surface area contributed by atoms with E-state index in [0.717, 1.165) is 4.88 Å². The highest BCUT2D eigenvalue weighted by atomic mass is 35.5. The van der Waals surface area contributed by atoms with Gasteiger partial charge in [-0.2, -0.15) is 0 Å². The van der Waals surface area contributed by atoms with E-state index in [4.69, 9.17) is 11.6 Å². The number of halogens is 1. The van der Waals surface area contributed by atoms with Crippen LogP contribution in [0.25, 0.3) is 0 Å². The minimum Gasteiger partial charge on any atom is -0.344 e. The maximum absolute atomic E-state index is 12.2. The van der Waals surface area contributed by atoms with E-state index in [0.29, 0.717) is 0 Å². The lowest BCUT2D eigenvalue weighted by atomic mass is 10.1. The molecule has 0 fully saturated rings. The molecule has 1 aromatic heterocycles. The maximum Gasteiger partial charge on any atom is 0.282 e. The summed E-state index contributed by atoms with van der Waals surface area (Å²) in [6.07, 6.45) is 0. The van der Waals surface area contributed by atoms with Crippen molar-refractivity contribution in [1.82, 2.24) is 5.32 Å². The Balaban J connectivity index is 2.25. The predicted molar refractivity (Wildman–Crippen MR) is 78.3 cm³/mol. The van der Waals surface area contributed by atoms with Gasteiger partial charge in [0.2, 0.25) is 0 Å². The highest BCUT2D eigenvalue weighted by Gasteiger charge is 2.22. The van der Waals surface area contributed by atoms with Gasteiger partial charge in [0.1, 0.15) is 5.56 Å². The Kier molecular flexibility index (Phi) is 4.36. The van der Waals surface area contributed by atoms with Gasteiger partial charge >= 0.3 is 0 Å². The van der Waals surface area contributed by atoms with Crippen molar-refractivity contribution < 1.29 is 9.72 Å². The average Bonchev–Trinajstić information content (AvgIpc) is 2.92. The van der Waals surface area contributed by atoms with E-state index < -0.39 is 10.8 Å². The zero-order chi connectivity index (χ0) is 14.7. The van der Waals surface area contributed by atoms with Crippen LogP contribution in [0.1, 0.15) is 28.2 Å². The minimum absolute atomic E-state index is 0.0362. The van der Waals surface area contributed by atoms with Crippen molar-refractivity contribution in [3.63, 3.8) is 0 Å². The molecule has 0 radical (unpaired) electrons. The third-order valence-electron chi connectivity index (χ3n) is 2.72. The Bertz CT molecular complexity index is 643. The first-order valence-electron chi connectivity index (χ1n) is 5.77. The molecule has 20 heavy (non-hydrogen) atoms. The summed E-state index contributed by atoms with van der Waals surface area (Å²) in [5.74, 6) is -0.514. The molecule has 0 spiro atoms. The zero-order valence-electron chi connectivity index (χ0n) is 10.5. The van der Waals surface area contributed by atoms with Crippen molar-refractivity contribution in [3.05, 3.63) is 61.3 Å². The fraction of sp³-hybridized carbons (Fsp3) is 0.154. The molecule has 104 valence electrons. The van der Waals surface area contributed by atoms with Gasteiger partial charge in [0.15, 0.2) is 0 Å². The molecule has 0 saturated carbocycles. The van der Waals surface area contributed by atoms with Crippen LogP contribution in [0.15, 0.2) is 35.7 Å². The number of nitro benzene ring substituents is 1. The smallest absolute Gasteiger partial charge is 0.282 e. The monoisotopic (exact) mass is 310 g/mol. The lowest BCUT2D eigenvalue weighted by Gasteiger charge is -2.12. The summed E-state index contributed by atoms with van der Waals surface area (Å²) in [6, 6.07) is 7.47. The second-order valence-electron chi connectivity index (χ2n) is 4.13. The average molecular weight is 311 g/mol. The number of amides is 1. The number of hydrogen-bond acceptors (Lipinski definition) is 4. The molecule has 0 bridgehead atoms. The van der Waals surface area contributed by atoms with Crippen molar-refractivity contribution in [2.45, 2.75) is 13.0 Å². The molecule has 2 aromatic rings. The SMILES string of the molecule is CC(NC(=O)c1cc(Cl)ccc1[N+](=O)[O-])c1cccs1. The fourth-order valence-electron chi connectivity index (χ4n) is 1.73. The highest BCUT2D eigenvalue weighted by Crippen LogP contribution is 2.24. The van der Waals surface area contributed by atoms with Gasteiger partial charge in [-0.15, -0.1) is 11.3 Å². The first-order chi connectivity index (χ1) is 9.49. The molecule has 1 amide bonds. The topological polar surface area (TPSA) is 72.2 Å². The number of carbonyl (C=O) groups is 1. The predicted octanol–water partition coefficient (Wildman–Crippen LogP) is 3.80. The molecule has 5 nitrogen and oxygen atoms in total. The van der Waals surface area contributed by atoms with Crippen molar-refractivity contribution in [3.8, 4) is 0 Å². The Morgan fingerprint density at radius 1 is 1.45 bits per heavy atom. The standard InChI is InChI=1S/C13H11ClN2O3S/c1-8(12-3-2-6-20-12)15-13(17)10-7-9(14)4-5-11(10)16(18)19/h2-8H,1H3,(H,15,17). The molecule has 1 aromatic carbocycles. The summed E-state index contributed by atoms with van der Waals surface area (Å²) in [5.41, 5.74) is -0.295. The lowest BCUT2D eigenvalue weighted by molar-refractivity contribution is -0.385. The summed E-state index contributed by atoms with van der Waals surface area (Å²) in [5, 5.41) is 15.9. The van der Waals surface area contributed by atoms with Crippen LogP contribution in [0, 0.1) is 10.1 Å². The van der Waals surface area contributed by atoms with Gasteiger partial charge in [-0.25, -0.2) is 0 Å². The largest absolute Gasteiger partial charge is 0.344 e. The molecule has 0 saturated heterocycles. The molecular weight excluding hydrogens is 300 g/mol. The number of nitrogens with zero attached hydrogens (tertiary/aromatic N) is 1. The van der Waals surface area contributed by atoms with Crippen LogP contribution in [0.2, 0.25) is 5.02 Å². The number of nitrogens with one attached hydrogen (secondary N) is 1. The van der Waals surface area contributed by atoms with E-state index in [1.165, 1.54) is 29.5 Å². The van der Waals surface area contributed by atoms with Gasteiger partial charge in [0, 0.05) is 16.0 Å². The third kappa shape index (κ3) is 3.15. The van der Waals surface area contributed by atoms with E-state index in [-0.39, 0.29) is 22.3 Å². The quantitative estimate of drug-likeness (QED) is 0.689. The molecule has 2 rings (SSSR count). The van der Waals surface area contributed by atoms with Gasteiger partial charge in [0.05, 0.1) is 11.0 Å². The maximum atomic E-state index is 12.2.